The standard InChI is InChI=1S/C18H37NO.C4H12NO4P/c1-2-3-4-5-6-7-8-9-10-11-12-13-14-15-16-17-18(19)20;1-2-4(3-5)9-10(6,7)8/h2-17H2,1H3,(H2,19,20);4H,2-3,5H2,1H3,(H2,6,7,8). The molecule has 1 atom stereocenters. The molecule has 0 aliphatic carbocycles. The third-order valence-electron chi connectivity index (χ3n) is 5.03. The Kier molecular flexibility index (Phi) is 24.5. The van der Waals surface area contributed by atoms with Gasteiger partial charge in [0.05, 0.1) is 6.10 Å². The van der Waals surface area contributed by atoms with Gasteiger partial charge < -0.3 is 21.3 Å². The van der Waals surface area contributed by atoms with Crippen molar-refractivity contribution in [3.8, 4) is 0 Å². The van der Waals surface area contributed by atoms with Gasteiger partial charge in [0.2, 0.25) is 5.91 Å². The summed E-state index contributed by atoms with van der Waals surface area (Å²) in [6, 6.07) is 0. The molecular formula is C22H49N2O5P. The second-order valence-corrected chi connectivity index (χ2v) is 9.22. The van der Waals surface area contributed by atoms with E-state index in [9.17, 15) is 9.36 Å². The molecule has 0 aliphatic rings. The molecule has 0 fully saturated rings. The van der Waals surface area contributed by atoms with E-state index < -0.39 is 13.9 Å². The van der Waals surface area contributed by atoms with Crippen LogP contribution in [0, 0.1) is 0 Å². The van der Waals surface area contributed by atoms with Gasteiger partial charge in [-0.25, -0.2) is 4.57 Å². The highest BCUT2D eigenvalue weighted by Crippen LogP contribution is 2.37. The first-order valence-electron chi connectivity index (χ1n) is 12.0. The number of hydrogen-bond acceptors (Lipinski definition) is 4. The molecule has 7 nitrogen and oxygen atoms in total. The first-order valence-corrected chi connectivity index (χ1v) is 13.5. The molecule has 0 aromatic rings. The van der Waals surface area contributed by atoms with Crippen LogP contribution in [0.3, 0.4) is 0 Å². The number of nitrogens with two attached hydrogens (primary N) is 2. The number of rotatable bonds is 20. The van der Waals surface area contributed by atoms with Crippen molar-refractivity contribution in [2.24, 2.45) is 11.5 Å². The van der Waals surface area contributed by atoms with Crippen LogP contribution in [0.4, 0.5) is 0 Å². The molecule has 0 bridgehead atoms. The minimum atomic E-state index is -4.33. The summed E-state index contributed by atoms with van der Waals surface area (Å²) in [5.41, 5.74) is 10.2. The first kappa shape index (κ1) is 31.7. The highest BCUT2D eigenvalue weighted by Gasteiger charge is 2.19. The molecule has 6 N–H and O–H groups in total. The predicted molar refractivity (Wildman–Crippen MR) is 125 cm³/mol. The maximum atomic E-state index is 10.6. The van der Waals surface area contributed by atoms with Gasteiger partial charge in [-0.15, -0.1) is 0 Å². The van der Waals surface area contributed by atoms with Gasteiger partial charge in [0.25, 0.3) is 0 Å². The lowest BCUT2D eigenvalue weighted by Crippen LogP contribution is -2.21. The van der Waals surface area contributed by atoms with Gasteiger partial charge in [0.15, 0.2) is 0 Å². The number of carbonyl (C=O) groups excluding carboxylic acids is 1. The lowest BCUT2D eigenvalue weighted by Gasteiger charge is -2.13. The molecule has 0 spiro atoms. The summed E-state index contributed by atoms with van der Waals surface area (Å²) in [7, 11) is -4.33. The van der Waals surface area contributed by atoms with Crippen LogP contribution in [0.5, 0.6) is 0 Å². The van der Waals surface area contributed by atoms with Gasteiger partial charge >= 0.3 is 7.82 Å². The predicted octanol–water partition coefficient (Wildman–Crippen LogP) is 5.57. The molecule has 0 rings (SSSR count). The van der Waals surface area contributed by atoms with Gasteiger partial charge in [-0.1, -0.05) is 104 Å². The highest BCUT2D eigenvalue weighted by atomic mass is 31.2. The molecule has 0 aromatic carbocycles. The van der Waals surface area contributed by atoms with Gasteiger partial charge in [0, 0.05) is 13.0 Å². The van der Waals surface area contributed by atoms with Crippen LogP contribution in [0.15, 0.2) is 0 Å². The Morgan fingerprint density at radius 2 is 1.17 bits per heavy atom. The Hall–Kier alpha value is -0.460. The van der Waals surface area contributed by atoms with Crippen LogP contribution in [0.25, 0.3) is 0 Å². The van der Waals surface area contributed by atoms with E-state index in [0.29, 0.717) is 12.8 Å². The van der Waals surface area contributed by atoms with E-state index in [2.05, 4.69) is 11.4 Å². The fourth-order valence-corrected chi connectivity index (χ4v) is 3.77. The van der Waals surface area contributed by atoms with Crippen molar-refractivity contribution >= 4 is 13.7 Å². The van der Waals surface area contributed by atoms with Crippen molar-refractivity contribution in [2.75, 3.05) is 6.54 Å². The van der Waals surface area contributed by atoms with E-state index in [1.54, 1.807) is 6.92 Å². The van der Waals surface area contributed by atoms with Crippen molar-refractivity contribution in [1.82, 2.24) is 0 Å². The van der Waals surface area contributed by atoms with E-state index in [-0.39, 0.29) is 12.5 Å². The van der Waals surface area contributed by atoms with Crippen LogP contribution < -0.4 is 11.5 Å². The van der Waals surface area contributed by atoms with Crippen molar-refractivity contribution in [1.29, 1.82) is 0 Å². The Labute approximate surface area is 185 Å². The third kappa shape index (κ3) is 29.7. The van der Waals surface area contributed by atoms with E-state index in [0.717, 1.165) is 6.42 Å². The topological polar surface area (TPSA) is 136 Å². The number of unbranched alkanes of at least 4 members (excludes halogenated alkanes) is 14. The van der Waals surface area contributed by atoms with Crippen molar-refractivity contribution in [3.63, 3.8) is 0 Å². The van der Waals surface area contributed by atoms with E-state index in [4.69, 9.17) is 21.3 Å². The van der Waals surface area contributed by atoms with Crippen LogP contribution in [0.2, 0.25) is 0 Å². The molecule has 1 amide bonds. The molecular weight excluding hydrogens is 403 g/mol. The van der Waals surface area contributed by atoms with Gasteiger partial charge in [-0.05, 0) is 12.8 Å². The fourth-order valence-electron chi connectivity index (χ4n) is 3.15. The number of primary amides is 1. The van der Waals surface area contributed by atoms with Crippen LogP contribution in [0.1, 0.15) is 123 Å². The monoisotopic (exact) mass is 452 g/mol. The maximum absolute atomic E-state index is 10.6. The molecule has 8 heteroatoms. The second-order valence-electron chi connectivity index (χ2n) is 8.03. The molecule has 0 saturated carbocycles. The van der Waals surface area contributed by atoms with Crippen molar-refractivity contribution in [3.05, 3.63) is 0 Å². The molecule has 0 aromatic heterocycles. The van der Waals surface area contributed by atoms with Crippen LogP contribution in [-0.4, -0.2) is 28.3 Å². The summed E-state index contributed by atoms with van der Waals surface area (Å²) in [4.78, 5) is 27.1. The van der Waals surface area contributed by atoms with E-state index in [1.165, 1.54) is 89.9 Å². The average molecular weight is 453 g/mol. The molecule has 0 aliphatic heterocycles. The van der Waals surface area contributed by atoms with E-state index in [1.807, 2.05) is 0 Å². The van der Waals surface area contributed by atoms with Gasteiger partial charge in [-0.2, -0.15) is 0 Å². The molecule has 182 valence electrons. The van der Waals surface area contributed by atoms with Gasteiger partial charge in [-0.3, -0.25) is 9.32 Å². The number of phosphoric acid groups is 1. The minimum Gasteiger partial charge on any atom is -0.370 e. The average Bonchev–Trinajstić information content (AvgIpc) is 2.68. The molecule has 0 radical (unpaired) electrons. The third-order valence-corrected chi connectivity index (χ3v) is 5.60. The zero-order valence-electron chi connectivity index (χ0n) is 19.5. The highest BCUT2D eigenvalue weighted by molar-refractivity contribution is 7.46. The molecule has 30 heavy (non-hydrogen) atoms. The summed E-state index contributed by atoms with van der Waals surface area (Å²) < 4.78 is 14.5. The van der Waals surface area contributed by atoms with Crippen molar-refractivity contribution < 1.29 is 23.7 Å². The van der Waals surface area contributed by atoms with Crippen LogP contribution in [-0.2, 0) is 13.9 Å². The quantitative estimate of drug-likeness (QED) is 0.141. The summed E-state index contributed by atoms with van der Waals surface area (Å²) >= 11 is 0. The Morgan fingerprint density at radius 1 is 0.800 bits per heavy atom. The normalized spacial score (nSPS) is 12.3. The van der Waals surface area contributed by atoms with Gasteiger partial charge in [0.1, 0.15) is 0 Å². The lowest BCUT2D eigenvalue weighted by atomic mass is 10.0. The second kappa shape index (κ2) is 23.2. The largest absolute Gasteiger partial charge is 0.469 e. The van der Waals surface area contributed by atoms with E-state index >= 15 is 0 Å². The Balaban J connectivity index is 0. The van der Waals surface area contributed by atoms with Crippen LogP contribution >= 0.6 is 7.82 Å². The summed E-state index contributed by atoms with van der Waals surface area (Å²) in [6.45, 7) is 4.15. The molecule has 1 unspecified atom stereocenters. The SMILES string of the molecule is CCC(CN)OP(=O)(O)O.CCCCCCCCCCCCCCCCCC(N)=O. The maximum Gasteiger partial charge on any atom is 0.469 e. The lowest BCUT2D eigenvalue weighted by molar-refractivity contribution is -0.118. The summed E-state index contributed by atoms with van der Waals surface area (Å²) in [5.74, 6) is -0.153. The van der Waals surface area contributed by atoms with Crippen molar-refractivity contribution in [2.45, 2.75) is 129 Å². The Morgan fingerprint density at radius 3 is 1.40 bits per heavy atom. The number of hydrogen-bond donors (Lipinski definition) is 4. The number of amides is 1. The smallest absolute Gasteiger partial charge is 0.370 e. The zero-order valence-corrected chi connectivity index (χ0v) is 20.4. The zero-order chi connectivity index (χ0) is 23.1. The molecule has 0 heterocycles. The first-order chi connectivity index (χ1) is 14.3. The molecule has 0 saturated heterocycles. The number of carbonyl (C=O) groups is 1. The summed E-state index contributed by atoms with van der Waals surface area (Å²) in [5, 5.41) is 0. The summed E-state index contributed by atoms with van der Waals surface area (Å²) in [6.07, 6.45) is 20.8. The Bertz CT molecular complexity index is 414. The fraction of sp³-hybridized carbons (Fsp3) is 0.955. The number of phosphoric ester groups is 1. The minimum absolute atomic E-state index is 0.127.